The molecule has 158 valence electrons. The zero-order chi connectivity index (χ0) is 22.4. The van der Waals surface area contributed by atoms with E-state index in [0.29, 0.717) is 16.3 Å². The van der Waals surface area contributed by atoms with Crippen LogP contribution in [-0.2, 0) is 9.53 Å². The average molecular weight is 414 g/mol. The van der Waals surface area contributed by atoms with Crippen molar-refractivity contribution in [2.24, 2.45) is 5.73 Å². The number of nitrogens with two attached hydrogens (primary N) is 1. The highest BCUT2D eigenvalue weighted by molar-refractivity contribution is 6.30. The van der Waals surface area contributed by atoms with Gasteiger partial charge in [-0.3, -0.25) is 4.79 Å². The van der Waals surface area contributed by atoms with Crippen molar-refractivity contribution in [3.05, 3.63) is 59.3 Å². The van der Waals surface area contributed by atoms with Crippen LogP contribution in [0.15, 0.2) is 48.8 Å². The minimum absolute atomic E-state index is 0.0868. The summed E-state index contributed by atoms with van der Waals surface area (Å²) in [6, 6.07) is 6.28. The van der Waals surface area contributed by atoms with E-state index in [1.807, 2.05) is 20.8 Å². The molecule has 1 aromatic carbocycles. The fourth-order valence-electron chi connectivity index (χ4n) is 1.16. The van der Waals surface area contributed by atoms with Gasteiger partial charge in [0.05, 0.1) is 20.3 Å². The predicted octanol–water partition coefficient (Wildman–Crippen LogP) is 2.97. The minimum atomic E-state index is -1.25. The van der Waals surface area contributed by atoms with Crippen LogP contribution >= 0.6 is 11.6 Å². The van der Waals surface area contributed by atoms with Crippen molar-refractivity contribution in [1.29, 1.82) is 0 Å². The summed E-state index contributed by atoms with van der Waals surface area (Å²) < 4.78 is 4.45. The van der Waals surface area contributed by atoms with Gasteiger partial charge in [0.15, 0.2) is 6.10 Å². The number of aliphatic hydroxyl groups excluding tert-OH is 3. The molecule has 0 fully saturated rings. The van der Waals surface area contributed by atoms with Gasteiger partial charge in [0.1, 0.15) is 5.76 Å². The van der Waals surface area contributed by atoms with Gasteiger partial charge >= 0.3 is 0 Å². The Hall–Kier alpha value is -2.30. The lowest BCUT2D eigenvalue weighted by Crippen LogP contribution is -2.20. The monoisotopic (exact) mass is 413 g/mol. The second-order valence-corrected chi connectivity index (χ2v) is 5.23. The number of rotatable bonds is 5. The van der Waals surface area contributed by atoms with Gasteiger partial charge in [-0.2, -0.15) is 0 Å². The Bertz CT molecular complexity index is 597. The molecular formula is C21H32ClNO5. The van der Waals surface area contributed by atoms with E-state index in [-0.39, 0.29) is 13.2 Å². The predicted molar refractivity (Wildman–Crippen MR) is 114 cm³/mol. The number of amides is 1. The summed E-state index contributed by atoms with van der Waals surface area (Å²) in [6.45, 7) is 9.16. The van der Waals surface area contributed by atoms with Crippen LogP contribution in [0.2, 0.25) is 5.02 Å². The fourth-order valence-corrected chi connectivity index (χ4v) is 1.28. The van der Waals surface area contributed by atoms with Gasteiger partial charge in [-0.1, -0.05) is 49.4 Å². The van der Waals surface area contributed by atoms with Gasteiger partial charge in [-0.05, 0) is 31.5 Å². The van der Waals surface area contributed by atoms with Gasteiger partial charge in [0, 0.05) is 11.4 Å². The maximum Gasteiger partial charge on any atom is 0.250 e. The van der Waals surface area contributed by atoms with E-state index in [2.05, 4.69) is 23.2 Å². The van der Waals surface area contributed by atoms with Crippen LogP contribution in [0.5, 0.6) is 0 Å². The normalized spacial score (nSPS) is 9.71. The Balaban J connectivity index is -0.000000331. The number of carbonyl (C=O) groups is 1. The summed E-state index contributed by atoms with van der Waals surface area (Å²) in [4.78, 5) is 10.5. The fraction of sp³-hybridized carbons (Fsp3) is 0.381. The van der Waals surface area contributed by atoms with Crippen molar-refractivity contribution in [2.45, 2.75) is 33.3 Å². The maximum atomic E-state index is 10.5. The molecule has 0 radical (unpaired) electrons. The van der Waals surface area contributed by atoms with Crippen LogP contribution in [0, 0.1) is 11.8 Å². The van der Waals surface area contributed by atoms with Crippen molar-refractivity contribution in [3.8, 4) is 11.8 Å². The summed E-state index contributed by atoms with van der Waals surface area (Å²) in [7, 11) is 1.47. The Kier molecular flexibility index (Phi) is 24.7. The summed E-state index contributed by atoms with van der Waals surface area (Å²) in [6.07, 6.45) is 3.22. The van der Waals surface area contributed by atoms with Crippen LogP contribution in [-0.4, -0.2) is 41.6 Å². The number of primary amides is 1. The van der Waals surface area contributed by atoms with E-state index in [1.54, 1.807) is 36.4 Å². The van der Waals surface area contributed by atoms with Gasteiger partial charge in [0.25, 0.3) is 5.91 Å². The van der Waals surface area contributed by atoms with E-state index >= 15 is 0 Å². The molecule has 0 saturated heterocycles. The summed E-state index contributed by atoms with van der Waals surface area (Å²) in [5.74, 6) is 5.26. The van der Waals surface area contributed by atoms with Gasteiger partial charge in [-0.15, -0.1) is 11.8 Å². The van der Waals surface area contributed by atoms with Gasteiger partial charge < -0.3 is 25.8 Å². The second kappa shape index (κ2) is 22.7. The molecule has 0 aromatic heterocycles. The van der Waals surface area contributed by atoms with Crippen LogP contribution in [0.1, 0.15) is 38.9 Å². The van der Waals surface area contributed by atoms with Crippen molar-refractivity contribution >= 4 is 17.5 Å². The van der Waals surface area contributed by atoms with Crippen molar-refractivity contribution < 1.29 is 24.9 Å². The molecule has 0 spiro atoms. The van der Waals surface area contributed by atoms with E-state index in [9.17, 15) is 9.90 Å². The second-order valence-electron chi connectivity index (χ2n) is 4.79. The molecule has 0 aliphatic carbocycles. The number of hydrogen-bond acceptors (Lipinski definition) is 5. The lowest BCUT2D eigenvalue weighted by Gasteiger charge is -2.05. The molecule has 6 nitrogen and oxygen atoms in total. The van der Waals surface area contributed by atoms with Crippen LogP contribution in [0.4, 0.5) is 0 Å². The summed E-state index contributed by atoms with van der Waals surface area (Å²) in [5.41, 5.74) is 5.33. The number of ether oxygens (including phenoxy) is 1. The first kappa shape index (κ1) is 30.4. The van der Waals surface area contributed by atoms with Gasteiger partial charge in [0.2, 0.25) is 0 Å². The first-order chi connectivity index (χ1) is 13.2. The summed E-state index contributed by atoms with van der Waals surface area (Å²) >= 11 is 5.60. The number of halogens is 1. The minimum Gasteiger partial charge on any atom is -0.499 e. The highest BCUT2D eigenvalue weighted by Crippen LogP contribution is 2.15. The Morgan fingerprint density at radius 3 is 2.07 bits per heavy atom. The Labute approximate surface area is 173 Å². The zero-order valence-electron chi connectivity index (χ0n) is 17.0. The van der Waals surface area contributed by atoms with Crippen LogP contribution in [0.25, 0.3) is 0 Å². The maximum absolute atomic E-state index is 10.5. The molecule has 1 aromatic rings. The molecular weight excluding hydrogens is 382 g/mol. The van der Waals surface area contributed by atoms with E-state index in [0.717, 1.165) is 6.42 Å². The van der Waals surface area contributed by atoms with Gasteiger partial charge in [-0.25, -0.2) is 0 Å². The lowest BCUT2D eigenvalue weighted by molar-refractivity contribution is -0.126. The van der Waals surface area contributed by atoms with Crippen LogP contribution in [0.3, 0.4) is 0 Å². The van der Waals surface area contributed by atoms with Crippen molar-refractivity contribution in [3.63, 3.8) is 0 Å². The highest BCUT2D eigenvalue weighted by Gasteiger charge is 2.12. The van der Waals surface area contributed by atoms with E-state index < -0.39 is 12.0 Å². The molecule has 28 heavy (non-hydrogen) atoms. The molecule has 1 atom stereocenters. The van der Waals surface area contributed by atoms with E-state index in [1.165, 1.54) is 7.11 Å². The number of benzene rings is 1. The standard InChI is InChI=1S/C8H8ClNO2.C5H8.C4H8O2.C4H8O/c9-6-3-1-5(2-4-6)7(11)8(10)12;1-3-5-4-2;1-4(3-5)6-2;1-2-3-4-5/h1-4,7,11H,(H2,10,12);3H2,1-2H3;5H,1,3H2,2H3;2-3,5H,4H2,1H3/b;;;3-2+. The highest BCUT2D eigenvalue weighted by atomic mass is 35.5. The topological polar surface area (TPSA) is 113 Å². The number of aliphatic hydroxyl groups is 3. The molecule has 0 saturated carbocycles. The Morgan fingerprint density at radius 2 is 1.89 bits per heavy atom. The van der Waals surface area contributed by atoms with Crippen molar-refractivity contribution in [2.75, 3.05) is 20.3 Å². The smallest absolute Gasteiger partial charge is 0.250 e. The Morgan fingerprint density at radius 1 is 1.36 bits per heavy atom. The molecule has 1 rings (SSSR count). The molecule has 0 aliphatic rings. The number of carbonyl (C=O) groups excluding carboxylic acids is 1. The zero-order valence-corrected chi connectivity index (χ0v) is 17.7. The summed E-state index contributed by atoms with van der Waals surface area (Å²) in [5, 5.41) is 25.8. The SMILES string of the molecule is C/C=C/CO.C=C(CO)OC.CC#CCC.NC(=O)C(O)c1ccc(Cl)cc1. The first-order valence-corrected chi connectivity index (χ1v) is 8.80. The third-order valence-electron chi connectivity index (χ3n) is 2.61. The number of allylic oxidation sites excluding steroid dienone is 1. The molecule has 0 bridgehead atoms. The molecule has 5 N–H and O–H groups in total. The first-order valence-electron chi connectivity index (χ1n) is 8.42. The number of methoxy groups -OCH3 is 1. The number of hydrogen-bond donors (Lipinski definition) is 4. The molecule has 0 heterocycles. The average Bonchev–Trinajstić information content (AvgIpc) is 2.70. The quantitative estimate of drug-likeness (QED) is 0.336. The molecule has 7 heteroatoms. The molecule has 0 aliphatic heterocycles. The lowest BCUT2D eigenvalue weighted by atomic mass is 10.1. The third kappa shape index (κ3) is 21.7. The van der Waals surface area contributed by atoms with E-state index in [4.69, 9.17) is 27.5 Å². The largest absolute Gasteiger partial charge is 0.499 e. The molecule has 1 amide bonds. The van der Waals surface area contributed by atoms with Crippen LogP contribution < -0.4 is 5.73 Å². The van der Waals surface area contributed by atoms with Crippen molar-refractivity contribution in [1.82, 2.24) is 0 Å². The third-order valence-corrected chi connectivity index (χ3v) is 2.87. The molecule has 1 unspecified atom stereocenters.